The summed E-state index contributed by atoms with van der Waals surface area (Å²) < 4.78 is 32.2. The molecule has 1 aliphatic rings. The number of methoxy groups -OCH3 is 1. The number of carbonyl (C=O) groups excluding carboxylic acids is 3. The van der Waals surface area contributed by atoms with E-state index in [1.807, 2.05) is 37.3 Å². The molecule has 0 aromatic heterocycles. The van der Waals surface area contributed by atoms with Crippen molar-refractivity contribution in [2.45, 2.75) is 37.2 Å². The molecule has 0 saturated heterocycles. The van der Waals surface area contributed by atoms with Gasteiger partial charge in [-0.25, -0.2) is 12.7 Å². The Kier molecular flexibility index (Phi) is 8.65. The molecule has 204 valence electrons. The van der Waals surface area contributed by atoms with E-state index in [0.717, 1.165) is 5.56 Å². The average Bonchev–Trinajstić information content (AvgIpc) is 3.14. The van der Waals surface area contributed by atoms with Gasteiger partial charge >= 0.3 is 0 Å². The Hall–Kier alpha value is -4.18. The Morgan fingerprint density at radius 3 is 2.36 bits per heavy atom. The lowest BCUT2D eigenvalue weighted by atomic mass is 10.0. The first-order valence-corrected chi connectivity index (χ1v) is 14.1. The number of carbonyl (C=O) groups is 3. The van der Waals surface area contributed by atoms with Gasteiger partial charge < -0.3 is 15.0 Å². The third-order valence-electron chi connectivity index (χ3n) is 6.50. The molecule has 10 heteroatoms. The molecule has 1 aliphatic heterocycles. The maximum atomic E-state index is 13.9. The minimum Gasteiger partial charge on any atom is -0.497 e. The third-order valence-corrected chi connectivity index (χ3v) is 8.29. The van der Waals surface area contributed by atoms with Crippen LogP contribution >= 0.6 is 0 Å². The van der Waals surface area contributed by atoms with Crippen LogP contribution in [-0.4, -0.2) is 61.6 Å². The zero-order valence-electron chi connectivity index (χ0n) is 21.9. The standard InChI is InChI=1S/C29H31N3O6S/c1-3-16-30-28(34)25(18-21-10-5-4-6-11-21)31(19-22-12-9-13-23(17-22)38-2)27(33)20-32-29(35)24-14-7-8-15-26(24)39(32,36)37/h4-15,17,25H,3,16,18-20H2,1-2H3,(H,30,34)/t25-/m1/s1. The molecule has 3 amide bonds. The van der Waals surface area contributed by atoms with Crippen molar-refractivity contribution in [1.82, 2.24) is 14.5 Å². The number of sulfonamides is 1. The highest BCUT2D eigenvalue weighted by Gasteiger charge is 2.43. The first-order chi connectivity index (χ1) is 18.8. The van der Waals surface area contributed by atoms with Gasteiger partial charge in [-0.15, -0.1) is 0 Å². The molecule has 0 aliphatic carbocycles. The molecule has 1 N–H and O–H groups in total. The number of hydrogen-bond donors (Lipinski definition) is 1. The largest absolute Gasteiger partial charge is 0.497 e. The second-order valence-corrected chi connectivity index (χ2v) is 11.0. The molecular formula is C29H31N3O6S. The first-order valence-electron chi connectivity index (χ1n) is 12.7. The number of fused-ring (bicyclic) bond motifs is 1. The van der Waals surface area contributed by atoms with Crippen molar-refractivity contribution >= 4 is 27.7 Å². The van der Waals surface area contributed by atoms with Crippen molar-refractivity contribution in [3.63, 3.8) is 0 Å². The van der Waals surface area contributed by atoms with Crippen LogP contribution in [0.15, 0.2) is 83.8 Å². The summed E-state index contributed by atoms with van der Waals surface area (Å²) in [4.78, 5) is 41.6. The summed E-state index contributed by atoms with van der Waals surface area (Å²) in [5.74, 6) is -1.23. The van der Waals surface area contributed by atoms with Crippen LogP contribution in [0.4, 0.5) is 0 Å². The summed E-state index contributed by atoms with van der Waals surface area (Å²) in [6, 6.07) is 21.2. The maximum absolute atomic E-state index is 13.9. The second kappa shape index (κ2) is 12.1. The highest BCUT2D eigenvalue weighted by molar-refractivity contribution is 7.90. The van der Waals surface area contributed by atoms with Crippen molar-refractivity contribution in [3.8, 4) is 5.75 Å². The van der Waals surface area contributed by atoms with E-state index in [9.17, 15) is 22.8 Å². The van der Waals surface area contributed by atoms with Gasteiger partial charge in [0.1, 0.15) is 23.2 Å². The summed E-state index contributed by atoms with van der Waals surface area (Å²) in [7, 11) is -2.68. The van der Waals surface area contributed by atoms with Gasteiger partial charge in [0.05, 0.1) is 12.7 Å². The Morgan fingerprint density at radius 2 is 1.67 bits per heavy atom. The van der Waals surface area contributed by atoms with Crippen LogP contribution < -0.4 is 10.1 Å². The highest BCUT2D eigenvalue weighted by atomic mass is 32.2. The van der Waals surface area contributed by atoms with Crippen LogP contribution in [0.2, 0.25) is 0 Å². The quantitative estimate of drug-likeness (QED) is 0.394. The van der Waals surface area contributed by atoms with E-state index < -0.39 is 34.4 Å². The monoisotopic (exact) mass is 549 g/mol. The molecule has 0 bridgehead atoms. The predicted octanol–water partition coefficient (Wildman–Crippen LogP) is 3.01. The number of amides is 3. The number of nitrogens with one attached hydrogen (secondary N) is 1. The molecule has 9 nitrogen and oxygen atoms in total. The van der Waals surface area contributed by atoms with Crippen molar-refractivity contribution in [3.05, 3.63) is 95.6 Å². The molecule has 0 fully saturated rings. The van der Waals surface area contributed by atoms with Crippen molar-refractivity contribution < 1.29 is 27.5 Å². The third kappa shape index (κ3) is 6.12. The van der Waals surface area contributed by atoms with Crippen LogP contribution in [0.5, 0.6) is 5.75 Å². The Bertz CT molecular complexity index is 1460. The summed E-state index contributed by atoms with van der Waals surface area (Å²) >= 11 is 0. The van der Waals surface area contributed by atoms with Gasteiger partial charge in [0.15, 0.2) is 0 Å². The van der Waals surface area contributed by atoms with Crippen LogP contribution in [-0.2, 0) is 32.6 Å². The van der Waals surface area contributed by atoms with E-state index in [1.165, 1.54) is 30.2 Å². The van der Waals surface area contributed by atoms with E-state index in [0.29, 0.717) is 28.6 Å². The summed E-state index contributed by atoms with van der Waals surface area (Å²) in [6.07, 6.45) is 0.902. The summed E-state index contributed by atoms with van der Waals surface area (Å²) in [5, 5.41) is 2.87. The lowest BCUT2D eigenvalue weighted by Crippen LogP contribution is -2.53. The lowest BCUT2D eigenvalue weighted by molar-refractivity contribution is -0.141. The predicted molar refractivity (Wildman–Crippen MR) is 145 cm³/mol. The number of nitrogens with zero attached hydrogens (tertiary/aromatic N) is 2. The Morgan fingerprint density at radius 1 is 0.974 bits per heavy atom. The second-order valence-electron chi connectivity index (χ2n) is 9.18. The van der Waals surface area contributed by atoms with Gasteiger partial charge in [0.25, 0.3) is 15.9 Å². The minimum atomic E-state index is -4.21. The van der Waals surface area contributed by atoms with E-state index in [1.54, 1.807) is 30.3 Å². The van der Waals surface area contributed by atoms with Crippen LogP contribution in [0.3, 0.4) is 0 Å². The van der Waals surface area contributed by atoms with E-state index >= 15 is 0 Å². The molecule has 0 radical (unpaired) electrons. The minimum absolute atomic E-state index is 0.00209. The SMILES string of the molecule is CCCNC(=O)[C@@H](Cc1ccccc1)N(Cc1cccc(OC)c1)C(=O)CN1C(=O)c2ccccc2S1(=O)=O. The van der Waals surface area contributed by atoms with Crippen molar-refractivity contribution in [2.24, 2.45) is 0 Å². The summed E-state index contributed by atoms with van der Waals surface area (Å²) in [5.41, 5.74) is 1.53. The molecule has 0 saturated carbocycles. The number of rotatable bonds is 11. The smallest absolute Gasteiger partial charge is 0.269 e. The van der Waals surface area contributed by atoms with E-state index in [-0.39, 0.29) is 29.3 Å². The lowest BCUT2D eigenvalue weighted by Gasteiger charge is -2.32. The summed E-state index contributed by atoms with van der Waals surface area (Å²) in [6.45, 7) is 1.61. The van der Waals surface area contributed by atoms with Gasteiger partial charge in [-0.2, -0.15) is 0 Å². The molecule has 0 spiro atoms. The molecule has 39 heavy (non-hydrogen) atoms. The number of benzene rings is 3. The van der Waals surface area contributed by atoms with E-state index in [4.69, 9.17) is 4.74 Å². The molecule has 0 unspecified atom stereocenters. The fraction of sp³-hybridized carbons (Fsp3) is 0.276. The van der Waals surface area contributed by atoms with Gasteiger partial charge in [0.2, 0.25) is 11.8 Å². The molecule has 1 heterocycles. The van der Waals surface area contributed by atoms with Gasteiger partial charge in [-0.1, -0.05) is 61.5 Å². The fourth-order valence-electron chi connectivity index (χ4n) is 4.49. The Balaban J connectivity index is 1.71. The van der Waals surface area contributed by atoms with Crippen LogP contribution in [0.1, 0.15) is 34.8 Å². The van der Waals surface area contributed by atoms with Crippen molar-refractivity contribution in [2.75, 3.05) is 20.2 Å². The van der Waals surface area contributed by atoms with Crippen molar-refractivity contribution in [1.29, 1.82) is 0 Å². The molecule has 1 atom stereocenters. The van der Waals surface area contributed by atoms with Gasteiger partial charge in [0, 0.05) is 19.5 Å². The normalized spacial score (nSPS) is 14.4. The zero-order chi connectivity index (χ0) is 28.0. The zero-order valence-corrected chi connectivity index (χ0v) is 22.7. The Labute approximate surface area is 228 Å². The molecule has 4 rings (SSSR count). The molecule has 3 aromatic rings. The average molecular weight is 550 g/mol. The van der Waals surface area contributed by atoms with Gasteiger partial charge in [-0.3, -0.25) is 14.4 Å². The van der Waals surface area contributed by atoms with Crippen LogP contribution in [0, 0.1) is 0 Å². The first kappa shape index (κ1) is 27.8. The molecular weight excluding hydrogens is 518 g/mol. The van der Waals surface area contributed by atoms with E-state index in [2.05, 4.69) is 5.32 Å². The maximum Gasteiger partial charge on any atom is 0.269 e. The molecule has 3 aromatic carbocycles. The topological polar surface area (TPSA) is 113 Å². The van der Waals surface area contributed by atoms with Crippen LogP contribution in [0.25, 0.3) is 0 Å². The van der Waals surface area contributed by atoms with Gasteiger partial charge in [-0.05, 0) is 41.8 Å². The number of hydrogen-bond acceptors (Lipinski definition) is 6. The highest BCUT2D eigenvalue weighted by Crippen LogP contribution is 2.30. The number of ether oxygens (including phenoxy) is 1. The fourth-order valence-corrected chi connectivity index (χ4v) is 6.01.